The van der Waals surface area contributed by atoms with Crippen molar-refractivity contribution in [2.45, 2.75) is 25.4 Å². The van der Waals surface area contributed by atoms with E-state index in [0.29, 0.717) is 37.0 Å². The lowest BCUT2D eigenvalue weighted by atomic mass is 10.1. The summed E-state index contributed by atoms with van der Waals surface area (Å²) in [5.74, 6) is 2.06. The number of imidazole rings is 1. The summed E-state index contributed by atoms with van der Waals surface area (Å²) in [6.07, 6.45) is 0.902. The highest BCUT2D eigenvalue weighted by Crippen LogP contribution is 2.22. The molecule has 3 heterocycles. The number of nitrogens with zero attached hydrogens (tertiary/aromatic N) is 7. The Balaban J connectivity index is 1.24. The van der Waals surface area contributed by atoms with Gasteiger partial charge < -0.3 is 35.3 Å². The first-order valence-electron chi connectivity index (χ1n) is 16.5. The van der Waals surface area contributed by atoms with Crippen molar-refractivity contribution in [2.75, 3.05) is 69.5 Å². The quantitative estimate of drug-likeness (QED) is 0.0980. The lowest BCUT2D eigenvalue weighted by Crippen LogP contribution is -2.42. The summed E-state index contributed by atoms with van der Waals surface area (Å²) in [5.41, 5.74) is 5.16. The Morgan fingerprint density at radius 1 is 1.00 bits per heavy atom. The fourth-order valence-electron chi connectivity index (χ4n) is 5.75. The lowest BCUT2D eigenvalue weighted by Gasteiger charge is -2.27. The van der Waals surface area contributed by atoms with Gasteiger partial charge in [-0.3, -0.25) is 4.90 Å². The number of esters is 1. The van der Waals surface area contributed by atoms with E-state index in [1.165, 1.54) is 12.7 Å². The summed E-state index contributed by atoms with van der Waals surface area (Å²) in [6.45, 7) is 12.6. The third-order valence-corrected chi connectivity index (χ3v) is 8.48. The van der Waals surface area contributed by atoms with Crippen LogP contribution in [0.3, 0.4) is 0 Å². The number of carbonyl (C=O) groups is 1. The molecule has 4 N–H and O–H groups in total. The summed E-state index contributed by atoms with van der Waals surface area (Å²) in [4.78, 5) is 43.0. The molecule has 14 heteroatoms. The molecule has 1 aliphatic heterocycles. The first kappa shape index (κ1) is 34.1. The van der Waals surface area contributed by atoms with Gasteiger partial charge in [0.15, 0.2) is 5.69 Å². The Bertz CT molecular complexity index is 1950. The topological polar surface area (TPSA) is 150 Å². The van der Waals surface area contributed by atoms with E-state index in [1.807, 2.05) is 54.4 Å². The maximum atomic E-state index is 13.0. The number of carbonyl (C=O) groups excluding carboxylic acids is 1. The summed E-state index contributed by atoms with van der Waals surface area (Å²) in [7, 11) is 4.89. The van der Waals surface area contributed by atoms with Crippen LogP contribution < -0.4 is 25.6 Å². The van der Waals surface area contributed by atoms with Gasteiger partial charge in [-0.2, -0.15) is 15.0 Å². The molecular formula is C36H41N11O3. The van der Waals surface area contributed by atoms with Gasteiger partial charge in [-0.25, -0.2) is 14.6 Å². The van der Waals surface area contributed by atoms with Gasteiger partial charge in [0, 0.05) is 70.9 Å². The molecule has 1 fully saturated rings. The van der Waals surface area contributed by atoms with E-state index in [4.69, 9.17) is 31.0 Å². The number of fused-ring (bicyclic) bond motifs is 1. The second-order valence-corrected chi connectivity index (χ2v) is 12.1. The van der Waals surface area contributed by atoms with Crippen LogP contribution in [-0.2, 0) is 28.9 Å². The van der Waals surface area contributed by atoms with Crippen LogP contribution in [0.2, 0.25) is 0 Å². The highest BCUT2D eigenvalue weighted by molar-refractivity contribution is 5.79. The molecule has 2 aromatic heterocycles. The Morgan fingerprint density at radius 3 is 2.56 bits per heavy atom. The van der Waals surface area contributed by atoms with Crippen LogP contribution >= 0.6 is 0 Å². The van der Waals surface area contributed by atoms with E-state index < -0.39 is 12.0 Å². The monoisotopic (exact) mass is 675 g/mol. The normalized spacial score (nSPS) is 13.7. The van der Waals surface area contributed by atoms with Crippen LogP contribution in [0.4, 0.5) is 29.2 Å². The van der Waals surface area contributed by atoms with Crippen molar-refractivity contribution < 1.29 is 14.3 Å². The maximum Gasteiger partial charge on any atom is 0.328 e. The van der Waals surface area contributed by atoms with Gasteiger partial charge in [-0.05, 0) is 35.4 Å². The first-order chi connectivity index (χ1) is 24.4. The van der Waals surface area contributed by atoms with Gasteiger partial charge in [-0.1, -0.05) is 36.4 Å². The largest absolute Gasteiger partial charge is 0.497 e. The molecule has 0 radical (unpaired) electrons. The fourth-order valence-corrected chi connectivity index (χ4v) is 5.75. The van der Waals surface area contributed by atoms with E-state index in [1.54, 1.807) is 19.2 Å². The van der Waals surface area contributed by atoms with Crippen LogP contribution in [0, 0.1) is 6.57 Å². The van der Waals surface area contributed by atoms with Crippen LogP contribution in [0.25, 0.3) is 15.9 Å². The molecule has 258 valence electrons. The number of aromatic nitrogens is 5. The molecule has 50 heavy (non-hydrogen) atoms. The number of hydrogen-bond acceptors (Lipinski definition) is 12. The molecule has 0 bridgehead atoms. The van der Waals surface area contributed by atoms with E-state index >= 15 is 0 Å². The zero-order valence-corrected chi connectivity index (χ0v) is 28.4. The molecule has 0 aliphatic carbocycles. The van der Waals surface area contributed by atoms with Gasteiger partial charge in [-0.15, -0.1) is 0 Å². The van der Waals surface area contributed by atoms with E-state index in [-0.39, 0.29) is 5.95 Å². The minimum Gasteiger partial charge on any atom is -0.497 e. The van der Waals surface area contributed by atoms with Crippen LogP contribution in [0.5, 0.6) is 5.75 Å². The highest BCUT2D eigenvalue weighted by Gasteiger charge is 2.23. The Kier molecular flexibility index (Phi) is 11.0. The van der Waals surface area contributed by atoms with Crippen molar-refractivity contribution in [1.82, 2.24) is 35.1 Å². The minimum atomic E-state index is -0.790. The third kappa shape index (κ3) is 8.81. The molecule has 0 spiro atoms. The molecule has 1 atom stereocenters. The second-order valence-electron chi connectivity index (χ2n) is 12.1. The molecule has 0 saturated carbocycles. The van der Waals surface area contributed by atoms with Gasteiger partial charge in [0.1, 0.15) is 17.6 Å². The van der Waals surface area contributed by atoms with Crippen molar-refractivity contribution in [3.05, 3.63) is 95.1 Å². The van der Waals surface area contributed by atoms with E-state index in [9.17, 15) is 4.79 Å². The predicted octanol–water partition coefficient (Wildman–Crippen LogP) is 4.33. The number of aromatic amines is 1. The fraction of sp³-hybridized carbons (Fsp3) is 0.333. The van der Waals surface area contributed by atoms with Crippen molar-refractivity contribution in [3.8, 4) is 5.75 Å². The number of likely N-dealkylation sites (N-methyl/N-ethyl adjacent to an activating group) is 1. The summed E-state index contributed by atoms with van der Waals surface area (Å²) < 4.78 is 10.5. The number of H-pyrrole nitrogens is 1. The average Bonchev–Trinajstić information content (AvgIpc) is 3.56. The third-order valence-electron chi connectivity index (χ3n) is 8.48. The van der Waals surface area contributed by atoms with Crippen molar-refractivity contribution in [3.63, 3.8) is 0 Å². The van der Waals surface area contributed by atoms with Crippen LogP contribution in [0.15, 0.2) is 66.7 Å². The SMILES string of the molecule is [C-]#[N+]c1ccc(C[C@H](Nc2nc(Nc3cccc(CN4CCNCC4)c3)nc(N(C)CCc3nc4ccc(OC)cc4[nH]3)n2)C(=O)OC)cc1. The van der Waals surface area contributed by atoms with Gasteiger partial charge in [0.25, 0.3) is 0 Å². The van der Waals surface area contributed by atoms with Gasteiger partial charge in [0.05, 0.1) is 31.8 Å². The molecule has 6 rings (SSSR count). The molecule has 5 aromatic rings. The van der Waals surface area contributed by atoms with E-state index in [2.05, 4.69) is 47.8 Å². The molecule has 3 aromatic carbocycles. The second kappa shape index (κ2) is 16.1. The molecule has 1 saturated heterocycles. The summed E-state index contributed by atoms with van der Waals surface area (Å²) in [5, 5.41) is 9.95. The van der Waals surface area contributed by atoms with Crippen LogP contribution in [0.1, 0.15) is 17.0 Å². The zero-order chi connectivity index (χ0) is 34.9. The Hall–Kier alpha value is -5.78. The first-order valence-corrected chi connectivity index (χ1v) is 16.5. The smallest absolute Gasteiger partial charge is 0.328 e. The molecule has 1 aliphatic rings. The van der Waals surface area contributed by atoms with Crippen molar-refractivity contribution >= 4 is 46.2 Å². The summed E-state index contributed by atoms with van der Waals surface area (Å²) >= 11 is 0. The average molecular weight is 676 g/mol. The van der Waals surface area contributed by atoms with E-state index in [0.717, 1.165) is 66.6 Å². The number of methoxy groups -OCH3 is 2. The number of nitrogens with one attached hydrogen (secondary N) is 4. The number of ether oxygens (including phenoxy) is 2. The number of rotatable bonds is 14. The van der Waals surface area contributed by atoms with Crippen molar-refractivity contribution in [2.24, 2.45) is 0 Å². The summed E-state index contributed by atoms with van der Waals surface area (Å²) in [6, 6.07) is 20.3. The standard InChI is InChI=1S/C36H41N11O3/c1-37-26-10-8-24(9-11-26)21-31(33(48)50-4)42-35-43-34(39-27-7-5-6-25(20-27)23-47-18-15-38-16-19-47)44-36(45-35)46(2)17-14-32-40-29-13-12-28(49-3)22-30(29)41-32/h5-13,20,22,31,38H,14-19,21,23H2,2-4H3,(H,40,41)(H2,39,42,43,44,45)/t31-/m0/s1. The lowest BCUT2D eigenvalue weighted by molar-refractivity contribution is -0.141. The molecular weight excluding hydrogens is 634 g/mol. The predicted molar refractivity (Wildman–Crippen MR) is 193 cm³/mol. The number of piperazine rings is 1. The minimum absolute atomic E-state index is 0.213. The Labute approximate surface area is 291 Å². The molecule has 0 unspecified atom stereocenters. The number of benzene rings is 3. The zero-order valence-electron chi connectivity index (χ0n) is 28.4. The van der Waals surface area contributed by atoms with Crippen molar-refractivity contribution in [1.29, 1.82) is 0 Å². The number of hydrogen-bond donors (Lipinski definition) is 4. The number of anilines is 4. The molecule has 0 amide bonds. The van der Waals surface area contributed by atoms with Crippen LogP contribution in [-0.4, -0.2) is 95.8 Å². The van der Waals surface area contributed by atoms with Gasteiger partial charge in [0.2, 0.25) is 17.8 Å². The Morgan fingerprint density at radius 2 is 1.80 bits per heavy atom. The maximum absolute atomic E-state index is 13.0. The highest BCUT2D eigenvalue weighted by atomic mass is 16.5. The van der Waals surface area contributed by atoms with Gasteiger partial charge >= 0.3 is 5.97 Å². The molecule has 14 nitrogen and oxygen atoms in total.